The Bertz CT molecular complexity index is 1310. The minimum absolute atomic E-state index is 0.0121. The third-order valence-electron chi connectivity index (χ3n) is 7.21. The number of piperidine rings is 2. The van der Waals surface area contributed by atoms with Crippen LogP contribution >= 0.6 is 0 Å². The zero-order valence-electron chi connectivity index (χ0n) is 19.2. The van der Waals surface area contributed by atoms with E-state index in [1.807, 2.05) is 23.2 Å². The van der Waals surface area contributed by atoms with Crippen molar-refractivity contribution in [2.75, 3.05) is 26.2 Å². The van der Waals surface area contributed by atoms with Crippen LogP contribution < -0.4 is 0 Å². The second-order valence-electron chi connectivity index (χ2n) is 9.46. The summed E-state index contributed by atoms with van der Waals surface area (Å²) in [6, 6.07) is 9.17. The highest BCUT2D eigenvalue weighted by molar-refractivity contribution is 7.89. The van der Waals surface area contributed by atoms with E-state index in [0.29, 0.717) is 37.4 Å². The highest BCUT2D eigenvalue weighted by atomic mass is 32.2. The topological polar surface area (TPSA) is 75.0 Å². The molecule has 1 aromatic carbocycles. The molecule has 9 heteroatoms. The average molecular weight is 485 g/mol. The lowest BCUT2D eigenvalue weighted by molar-refractivity contribution is 0.0699. The first kappa shape index (κ1) is 23.0. The molecule has 2 saturated heterocycles. The van der Waals surface area contributed by atoms with Gasteiger partial charge in [0, 0.05) is 32.4 Å². The number of nitrogens with zero attached hydrogens (tertiary/aromatic N) is 4. The number of carbonyl (C=O) groups excluding carboxylic acids is 1. The van der Waals surface area contributed by atoms with Crippen LogP contribution in [0.5, 0.6) is 0 Å². The van der Waals surface area contributed by atoms with Gasteiger partial charge in [-0.15, -0.1) is 0 Å². The van der Waals surface area contributed by atoms with Gasteiger partial charge in [-0.05, 0) is 73.4 Å². The molecule has 2 fully saturated rings. The summed E-state index contributed by atoms with van der Waals surface area (Å²) in [6.45, 7) is 4.50. The Morgan fingerprint density at radius 2 is 1.76 bits per heavy atom. The maximum Gasteiger partial charge on any atom is 0.257 e. The molecule has 180 valence electrons. The van der Waals surface area contributed by atoms with Gasteiger partial charge in [0.05, 0.1) is 22.2 Å². The summed E-state index contributed by atoms with van der Waals surface area (Å²) in [4.78, 5) is 15.1. The van der Waals surface area contributed by atoms with Crippen molar-refractivity contribution in [2.45, 2.75) is 43.4 Å². The van der Waals surface area contributed by atoms with E-state index in [0.717, 1.165) is 43.1 Å². The Kier molecular flexibility index (Phi) is 6.16. The average Bonchev–Trinajstić information content (AvgIpc) is 3.27. The van der Waals surface area contributed by atoms with E-state index >= 15 is 0 Å². The summed E-state index contributed by atoms with van der Waals surface area (Å²) >= 11 is 0. The minimum atomic E-state index is -3.72. The van der Waals surface area contributed by atoms with Crippen molar-refractivity contribution >= 4 is 21.4 Å². The van der Waals surface area contributed by atoms with Crippen molar-refractivity contribution in [3.8, 4) is 0 Å². The van der Waals surface area contributed by atoms with Gasteiger partial charge in [0.25, 0.3) is 5.91 Å². The van der Waals surface area contributed by atoms with Crippen LogP contribution in [0.1, 0.15) is 54.4 Å². The maximum absolute atomic E-state index is 13.6. The van der Waals surface area contributed by atoms with Crippen LogP contribution in [0.2, 0.25) is 0 Å². The molecule has 7 nitrogen and oxygen atoms in total. The smallest absolute Gasteiger partial charge is 0.257 e. The molecule has 0 bridgehead atoms. The number of benzene rings is 1. The molecule has 3 aromatic rings. The quantitative estimate of drug-likeness (QED) is 0.563. The Labute approximate surface area is 199 Å². The molecule has 0 saturated carbocycles. The molecule has 0 spiro atoms. The summed E-state index contributed by atoms with van der Waals surface area (Å²) in [5.41, 5.74) is 2.48. The largest absolute Gasteiger partial charge is 0.339 e. The summed E-state index contributed by atoms with van der Waals surface area (Å²) in [5.74, 6) is 0.289. The molecule has 2 aliphatic heterocycles. The summed E-state index contributed by atoms with van der Waals surface area (Å²) in [7, 11) is -3.72. The first-order valence-electron chi connectivity index (χ1n) is 11.9. The zero-order chi connectivity index (χ0) is 23.9. The van der Waals surface area contributed by atoms with Crippen LogP contribution in [0.3, 0.4) is 0 Å². The van der Waals surface area contributed by atoms with Crippen molar-refractivity contribution in [2.24, 2.45) is 5.92 Å². The Balaban J connectivity index is 1.32. The second kappa shape index (κ2) is 9.11. The monoisotopic (exact) mass is 484 g/mol. The molecule has 1 amide bonds. The standard InChI is InChI=1S/C25H29FN4O3S/c1-18-5-10-28(11-6-18)25(31)23-17-27-30-14-9-20(15-24(23)30)19-7-12-29(13-8-19)34(32,33)22-4-2-3-21(26)16-22/h2-4,9,14-19H,5-8,10-13H2,1H3. The van der Waals surface area contributed by atoms with Crippen molar-refractivity contribution in [1.29, 1.82) is 0 Å². The van der Waals surface area contributed by atoms with Gasteiger partial charge >= 0.3 is 0 Å². The number of rotatable bonds is 4. The third kappa shape index (κ3) is 4.34. The van der Waals surface area contributed by atoms with Gasteiger partial charge in [0.1, 0.15) is 5.82 Å². The molecule has 2 aromatic heterocycles. The van der Waals surface area contributed by atoms with Crippen LogP contribution in [-0.4, -0.2) is 59.3 Å². The van der Waals surface area contributed by atoms with Crippen molar-refractivity contribution in [1.82, 2.24) is 18.8 Å². The maximum atomic E-state index is 13.6. The summed E-state index contributed by atoms with van der Waals surface area (Å²) < 4.78 is 42.6. The van der Waals surface area contributed by atoms with Crippen LogP contribution in [0, 0.1) is 11.7 Å². The molecule has 4 heterocycles. The molecule has 0 N–H and O–H groups in total. The Hall–Kier alpha value is -2.78. The lowest BCUT2D eigenvalue weighted by atomic mass is 9.90. The number of hydrogen-bond donors (Lipinski definition) is 0. The number of hydrogen-bond acceptors (Lipinski definition) is 4. The number of halogens is 1. The fourth-order valence-corrected chi connectivity index (χ4v) is 6.51. The minimum Gasteiger partial charge on any atom is -0.339 e. The van der Waals surface area contributed by atoms with E-state index in [-0.39, 0.29) is 16.7 Å². The fraction of sp³-hybridized carbons (Fsp3) is 0.440. The number of pyridine rings is 1. The number of aromatic nitrogens is 2. The summed E-state index contributed by atoms with van der Waals surface area (Å²) in [6.07, 6.45) is 6.88. The van der Waals surface area contributed by atoms with Gasteiger partial charge in [0.15, 0.2) is 0 Å². The molecule has 34 heavy (non-hydrogen) atoms. The number of fused-ring (bicyclic) bond motifs is 1. The van der Waals surface area contributed by atoms with E-state index in [2.05, 4.69) is 12.0 Å². The fourth-order valence-electron chi connectivity index (χ4n) is 5.00. The van der Waals surface area contributed by atoms with E-state index in [9.17, 15) is 17.6 Å². The first-order valence-corrected chi connectivity index (χ1v) is 13.3. The van der Waals surface area contributed by atoms with Crippen molar-refractivity contribution in [3.05, 3.63) is 65.7 Å². The third-order valence-corrected chi connectivity index (χ3v) is 9.10. The number of carbonyl (C=O) groups is 1. The highest BCUT2D eigenvalue weighted by Crippen LogP contribution is 2.32. The van der Waals surface area contributed by atoms with Crippen LogP contribution in [-0.2, 0) is 10.0 Å². The highest BCUT2D eigenvalue weighted by Gasteiger charge is 2.31. The second-order valence-corrected chi connectivity index (χ2v) is 11.4. The zero-order valence-corrected chi connectivity index (χ0v) is 20.0. The molecule has 0 unspecified atom stereocenters. The normalized spacial score (nSPS) is 19.1. The summed E-state index contributed by atoms with van der Waals surface area (Å²) in [5, 5.41) is 4.37. The number of sulfonamides is 1. The first-order chi connectivity index (χ1) is 16.3. The lowest BCUT2D eigenvalue weighted by Crippen LogP contribution is -2.38. The van der Waals surface area contributed by atoms with Crippen molar-refractivity contribution < 1.29 is 17.6 Å². The van der Waals surface area contributed by atoms with E-state index in [4.69, 9.17) is 0 Å². The Morgan fingerprint density at radius 1 is 1.03 bits per heavy atom. The van der Waals surface area contributed by atoms with Gasteiger partial charge in [-0.1, -0.05) is 13.0 Å². The molecule has 0 aliphatic carbocycles. The molecular formula is C25H29FN4O3S. The Morgan fingerprint density at radius 3 is 2.47 bits per heavy atom. The van der Waals surface area contributed by atoms with Gasteiger partial charge in [-0.3, -0.25) is 4.79 Å². The predicted molar refractivity (Wildman–Crippen MR) is 127 cm³/mol. The number of likely N-dealkylation sites (tertiary alicyclic amines) is 1. The molecule has 5 rings (SSSR count). The predicted octanol–water partition coefficient (Wildman–Crippen LogP) is 3.91. The van der Waals surface area contributed by atoms with Crippen LogP contribution in [0.15, 0.2) is 53.7 Å². The SMILES string of the molecule is CC1CCN(C(=O)c2cnn3ccc(C4CCN(S(=O)(=O)c5cccc(F)c5)CC4)cc23)CC1. The lowest BCUT2D eigenvalue weighted by Gasteiger charge is -2.31. The van der Waals surface area contributed by atoms with E-state index in [1.165, 1.54) is 22.5 Å². The van der Waals surface area contributed by atoms with E-state index in [1.54, 1.807) is 10.7 Å². The van der Waals surface area contributed by atoms with Gasteiger partial charge in [-0.25, -0.2) is 17.3 Å². The van der Waals surface area contributed by atoms with Gasteiger partial charge in [0.2, 0.25) is 10.0 Å². The number of amides is 1. The van der Waals surface area contributed by atoms with Gasteiger partial charge < -0.3 is 4.90 Å². The molecule has 0 radical (unpaired) electrons. The van der Waals surface area contributed by atoms with E-state index < -0.39 is 15.8 Å². The van der Waals surface area contributed by atoms with Gasteiger partial charge in [-0.2, -0.15) is 9.40 Å². The van der Waals surface area contributed by atoms with Crippen LogP contribution in [0.25, 0.3) is 5.52 Å². The molecule has 2 aliphatic rings. The molecular weight excluding hydrogens is 455 g/mol. The van der Waals surface area contributed by atoms with Crippen LogP contribution in [0.4, 0.5) is 4.39 Å². The molecule has 0 atom stereocenters. The van der Waals surface area contributed by atoms with Crippen molar-refractivity contribution in [3.63, 3.8) is 0 Å².